The lowest BCUT2D eigenvalue weighted by atomic mass is 9.77. The molecule has 2 saturated carbocycles. The summed E-state index contributed by atoms with van der Waals surface area (Å²) in [4.78, 5) is 18.1. The fourth-order valence-electron chi connectivity index (χ4n) is 6.79. The molecule has 5 rings (SSSR count). The number of hydrogen-bond acceptors (Lipinski definition) is 6. The highest BCUT2D eigenvalue weighted by Gasteiger charge is 2.48. The average Bonchev–Trinajstić information content (AvgIpc) is 3.38. The number of hydrogen-bond donors (Lipinski definition) is 4. The fraction of sp³-hybridized carbons (Fsp3) is 0.955. The van der Waals surface area contributed by atoms with Crippen molar-refractivity contribution in [3.8, 4) is 0 Å². The van der Waals surface area contributed by atoms with E-state index in [1.54, 1.807) is 0 Å². The van der Waals surface area contributed by atoms with Crippen LogP contribution < -0.4 is 21.5 Å². The molecule has 0 radical (unpaired) electrons. The number of nitrogens with one attached hydrogen (secondary N) is 4. The number of carbonyl (C=O) groups excluding carboxylic acids is 1. The standard InChI is InChI=1S/C22H39FN6O/c1-13-6-7-16(23)15-12-18(24-19(13)15)22(30)25-17-5-3-4-14-20(17)26-27-21(14)29-10-8-28(2)9-11-29/h13-21,24,26-27H,3-12H2,1-2H3,(H,25,30). The Bertz CT molecular complexity index is 611. The molecule has 3 saturated heterocycles. The van der Waals surface area contributed by atoms with Crippen molar-refractivity contribution < 1.29 is 9.18 Å². The molecule has 0 aromatic carbocycles. The molecule has 7 nitrogen and oxygen atoms in total. The summed E-state index contributed by atoms with van der Waals surface area (Å²) in [5, 5.41) is 6.83. The molecule has 9 atom stereocenters. The lowest BCUT2D eigenvalue weighted by Crippen LogP contribution is -2.57. The van der Waals surface area contributed by atoms with E-state index >= 15 is 0 Å². The summed E-state index contributed by atoms with van der Waals surface area (Å²) in [7, 11) is 2.19. The van der Waals surface area contributed by atoms with Gasteiger partial charge in [-0.15, -0.1) is 0 Å². The molecule has 0 aromatic heterocycles. The second kappa shape index (κ2) is 8.62. The molecule has 5 fully saturated rings. The summed E-state index contributed by atoms with van der Waals surface area (Å²) in [5.74, 6) is 1.03. The van der Waals surface area contributed by atoms with Gasteiger partial charge in [0.25, 0.3) is 0 Å². The van der Waals surface area contributed by atoms with Crippen LogP contribution in [0, 0.1) is 17.8 Å². The normalized spacial score (nSPS) is 47.6. The van der Waals surface area contributed by atoms with Gasteiger partial charge in [-0.1, -0.05) is 13.3 Å². The summed E-state index contributed by atoms with van der Waals surface area (Å²) in [5.41, 5.74) is 7.08. The van der Waals surface area contributed by atoms with Crippen LogP contribution in [0.15, 0.2) is 0 Å². The van der Waals surface area contributed by atoms with Gasteiger partial charge >= 0.3 is 0 Å². The number of piperazine rings is 1. The summed E-state index contributed by atoms with van der Waals surface area (Å²) in [6.07, 6.45) is 5.14. The Labute approximate surface area is 179 Å². The van der Waals surface area contributed by atoms with E-state index in [-0.39, 0.29) is 36.0 Å². The van der Waals surface area contributed by atoms with Crippen LogP contribution in [-0.4, -0.2) is 85.4 Å². The van der Waals surface area contributed by atoms with Crippen LogP contribution >= 0.6 is 0 Å². The van der Waals surface area contributed by atoms with Gasteiger partial charge in [-0.25, -0.2) is 9.82 Å². The molecule has 4 N–H and O–H groups in total. The number of amides is 1. The van der Waals surface area contributed by atoms with Crippen molar-refractivity contribution in [2.45, 2.75) is 82.0 Å². The van der Waals surface area contributed by atoms with Gasteiger partial charge in [0.15, 0.2) is 0 Å². The smallest absolute Gasteiger partial charge is 0.237 e. The van der Waals surface area contributed by atoms with E-state index in [0.29, 0.717) is 30.8 Å². The zero-order chi connectivity index (χ0) is 20.8. The van der Waals surface area contributed by atoms with Gasteiger partial charge in [0.05, 0.1) is 12.2 Å². The first-order chi connectivity index (χ1) is 14.5. The largest absolute Gasteiger partial charge is 0.350 e. The molecule has 2 aliphatic carbocycles. The lowest BCUT2D eigenvalue weighted by Gasteiger charge is -2.41. The molecule has 1 amide bonds. The summed E-state index contributed by atoms with van der Waals surface area (Å²) >= 11 is 0. The number of likely N-dealkylation sites (N-methyl/N-ethyl adjacent to an activating group) is 1. The van der Waals surface area contributed by atoms with Crippen LogP contribution in [0.4, 0.5) is 4.39 Å². The second-order valence-corrected chi connectivity index (χ2v) is 10.5. The molecule has 3 aliphatic heterocycles. The maximum Gasteiger partial charge on any atom is 0.237 e. The Kier molecular flexibility index (Phi) is 6.05. The minimum Gasteiger partial charge on any atom is -0.350 e. The number of halogens is 1. The molecule has 0 bridgehead atoms. The summed E-state index contributed by atoms with van der Waals surface area (Å²) in [6, 6.07) is 0.312. The van der Waals surface area contributed by atoms with Gasteiger partial charge in [0, 0.05) is 56.1 Å². The maximum atomic E-state index is 14.4. The highest BCUT2D eigenvalue weighted by atomic mass is 19.1. The first kappa shape index (κ1) is 21.1. The Hall–Kier alpha value is -0.800. The first-order valence-electron chi connectivity index (χ1n) is 12.2. The molecule has 30 heavy (non-hydrogen) atoms. The Balaban J connectivity index is 1.19. The average molecular weight is 423 g/mol. The molecule has 3 heterocycles. The highest BCUT2D eigenvalue weighted by Crippen LogP contribution is 2.39. The molecule has 5 aliphatic rings. The van der Waals surface area contributed by atoms with Crippen molar-refractivity contribution >= 4 is 5.91 Å². The van der Waals surface area contributed by atoms with Gasteiger partial charge in [0.2, 0.25) is 5.91 Å². The molecule has 8 heteroatoms. The third-order valence-corrected chi connectivity index (χ3v) is 8.66. The number of alkyl halides is 1. The molecular weight excluding hydrogens is 383 g/mol. The lowest BCUT2D eigenvalue weighted by molar-refractivity contribution is -0.124. The highest BCUT2D eigenvalue weighted by molar-refractivity contribution is 5.82. The Morgan fingerprint density at radius 3 is 2.57 bits per heavy atom. The predicted octanol–water partition coefficient (Wildman–Crippen LogP) is 0.436. The van der Waals surface area contributed by atoms with Crippen LogP contribution in [0.3, 0.4) is 0 Å². The van der Waals surface area contributed by atoms with E-state index in [2.05, 4.69) is 45.3 Å². The van der Waals surface area contributed by atoms with Crippen LogP contribution in [0.5, 0.6) is 0 Å². The van der Waals surface area contributed by atoms with Gasteiger partial charge in [-0.2, -0.15) is 0 Å². The third-order valence-electron chi connectivity index (χ3n) is 8.66. The van der Waals surface area contributed by atoms with E-state index in [1.807, 2.05) is 0 Å². The number of rotatable bonds is 3. The molecular formula is C22H39FN6O. The maximum absolute atomic E-state index is 14.4. The van der Waals surface area contributed by atoms with Gasteiger partial charge < -0.3 is 15.5 Å². The number of fused-ring (bicyclic) bond motifs is 2. The van der Waals surface area contributed by atoms with Gasteiger partial charge in [-0.3, -0.25) is 15.1 Å². The van der Waals surface area contributed by atoms with E-state index in [0.717, 1.165) is 45.4 Å². The zero-order valence-electron chi connectivity index (χ0n) is 18.4. The van der Waals surface area contributed by atoms with Crippen molar-refractivity contribution in [3.63, 3.8) is 0 Å². The van der Waals surface area contributed by atoms with Crippen molar-refractivity contribution in [1.29, 1.82) is 0 Å². The van der Waals surface area contributed by atoms with Crippen LogP contribution in [0.25, 0.3) is 0 Å². The predicted molar refractivity (Wildman–Crippen MR) is 114 cm³/mol. The monoisotopic (exact) mass is 422 g/mol. The number of carbonyl (C=O) groups is 1. The fourth-order valence-corrected chi connectivity index (χ4v) is 6.79. The third kappa shape index (κ3) is 3.90. The van der Waals surface area contributed by atoms with Crippen molar-refractivity contribution in [3.05, 3.63) is 0 Å². The molecule has 9 unspecified atom stereocenters. The molecule has 170 valence electrons. The topological polar surface area (TPSA) is 71.7 Å². The SMILES string of the molecule is CC1CCC(F)C2CC(C(=O)NC3CCCC4C3NNC4N3CCN(C)CC3)NC12. The zero-order valence-corrected chi connectivity index (χ0v) is 18.4. The second-order valence-electron chi connectivity index (χ2n) is 10.5. The number of hydrazine groups is 1. The van der Waals surface area contributed by atoms with Crippen LogP contribution in [-0.2, 0) is 4.79 Å². The Morgan fingerprint density at radius 2 is 1.80 bits per heavy atom. The van der Waals surface area contributed by atoms with Crippen molar-refractivity contribution in [2.75, 3.05) is 33.2 Å². The minimum absolute atomic E-state index is 0.00325. The quantitative estimate of drug-likeness (QED) is 0.529. The molecule has 0 aromatic rings. The van der Waals surface area contributed by atoms with Crippen molar-refractivity contribution in [1.82, 2.24) is 31.3 Å². The van der Waals surface area contributed by atoms with Gasteiger partial charge in [-0.05, 0) is 45.1 Å². The number of nitrogens with zero attached hydrogens (tertiary/aromatic N) is 2. The van der Waals surface area contributed by atoms with Crippen LogP contribution in [0.1, 0.15) is 45.4 Å². The van der Waals surface area contributed by atoms with E-state index < -0.39 is 6.17 Å². The van der Waals surface area contributed by atoms with E-state index in [4.69, 9.17) is 0 Å². The van der Waals surface area contributed by atoms with Crippen molar-refractivity contribution in [2.24, 2.45) is 17.8 Å². The minimum atomic E-state index is -0.763. The summed E-state index contributed by atoms with van der Waals surface area (Å²) in [6.45, 7) is 6.59. The van der Waals surface area contributed by atoms with E-state index in [9.17, 15) is 9.18 Å². The van der Waals surface area contributed by atoms with Gasteiger partial charge in [0.1, 0.15) is 6.17 Å². The van der Waals surface area contributed by atoms with Crippen LogP contribution in [0.2, 0.25) is 0 Å². The first-order valence-corrected chi connectivity index (χ1v) is 12.2. The Morgan fingerprint density at radius 1 is 1.00 bits per heavy atom. The molecule has 0 spiro atoms. The summed E-state index contributed by atoms with van der Waals surface area (Å²) < 4.78 is 14.4. The van der Waals surface area contributed by atoms with E-state index in [1.165, 1.54) is 6.42 Å².